The van der Waals surface area contributed by atoms with E-state index in [9.17, 15) is 9.59 Å². The number of methoxy groups -OCH3 is 1. The topological polar surface area (TPSA) is 61.9 Å². The number of amides is 2. The number of anilines is 2. The van der Waals surface area contributed by atoms with Crippen LogP contribution >= 0.6 is 0 Å². The zero-order chi connectivity index (χ0) is 24.6. The third kappa shape index (κ3) is 6.21. The van der Waals surface area contributed by atoms with Crippen LogP contribution in [0.15, 0.2) is 78.9 Å². The lowest BCUT2D eigenvalue weighted by atomic mass is 9.95. The number of nitrogens with one attached hydrogen (secondary N) is 1. The van der Waals surface area contributed by atoms with Crippen LogP contribution in [0.2, 0.25) is 0 Å². The van der Waals surface area contributed by atoms with Crippen molar-refractivity contribution in [2.75, 3.05) is 43.5 Å². The Hall–Kier alpha value is -3.80. The first-order valence-electron chi connectivity index (χ1n) is 12.2. The number of piperazine rings is 1. The van der Waals surface area contributed by atoms with E-state index in [1.165, 1.54) is 0 Å². The van der Waals surface area contributed by atoms with Gasteiger partial charge in [0, 0.05) is 37.6 Å². The van der Waals surface area contributed by atoms with Crippen molar-refractivity contribution in [3.8, 4) is 5.75 Å². The third-order valence-electron chi connectivity index (χ3n) is 6.57. The Labute approximate surface area is 207 Å². The minimum Gasteiger partial charge on any atom is -0.497 e. The van der Waals surface area contributed by atoms with Crippen molar-refractivity contribution in [3.05, 3.63) is 90.0 Å². The summed E-state index contributed by atoms with van der Waals surface area (Å²) in [6, 6.07) is 25.5. The summed E-state index contributed by atoms with van der Waals surface area (Å²) in [6.45, 7) is 4.99. The van der Waals surface area contributed by atoms with Gasteiger partial charge in [-0.2, -0.15) is 0 Å². The van der Waals surface area contributed by atoms with E-state index in [2.05, 4.69) is 10.2 Å². The van der Waals surface area contributed by atoms with Gasteiger partial charge in [0.1, 0.15) is 5.75 Å². The molecule has 6 heteroatoms. The molecule has 0 aromatic heterocycles. The summed E-state index contributed by atoms with van der Waals surface area (Å²) >= 11 is 0. The van der Waals surface area contributed by atoms with Crippen molar-refractivity contribution in [1.82, 2.24) is 4.90 Å². The van der Waals surface area contributed by atoms with Gasteiger partial charge in [0.25, 0.3) is 0 Å². The average molecular weight is 472 g/mol. The molecule has 1 atom stereocenters. The van der Waals surface area contributed by atoms with Crippen LogP contribution in [-0.2, 0) is 16.0 Å². The molecular formula is C29H33N3O3. The minimum absolute atomic E-state index is 0.00966. The van der Waals surface area contributed by atoms with E-state index in [1.54, 1.807) is 7.11 Å². The van der Waals surface area contributed by atoms with Crippen molar-refractivity contribution in [2.24, 2.45) is 0 Å². The molecule has 3 aromatic carbocycles. The molecule has 3 aromatic rings. The van der Waals surface area contributed by atoms with E-state index >= 15 is 0 Å². The summed E-state index contributed by atoms with van der Waals surface area (Å²) in [6.07, 6.45) is 1.15. The molecule has 4 rings (SSSR count). The Morgan fingerprint density at radius 3 is 2.14 bits per heavy atom. The first-order chi connectivity index (χ1) is 17.1. The Morgan fingerprint density at radius 1 is 0.886 bits per heavy atom. The largest absolute Gasteiger partial charge is 0.497 e. The smallest absolute Gasteiger partial charge is 0.231 e. The van der Waals surface area contributed by atoms with Crippen LogP contribution < -0.4 is 15.0 Å². The lowest BCUT2D eigenvalue weighted by Crippen LogP contribution is -2.49. The maximum absolute atomic E-state index is 12.8. The highest BCUT2D eigenvalue weighted by molar-refractivity contribution is 5.96. The summed E-state index contributed by atoms with van der Waals surface area (Å²) in [4.78, 5) is 29.8. The van der Waals surface area contributed by atoms with E-state index in [-0.39, 0.29) is 17.7 Å². The lowest BCUT2D eigenvalue weighted by molar-refractivity contribution is -0.130. The normalized spacial score (nSPS) is 14.3. The van der Waals surface area contributed by atoms with E-state index < -0.39 is 0 Å². The van der Waals surface area contributed by atoms with Gasteiger partial charge in [-0.25, -0.2) is 0 Å². The number of hydrogen-bond acceptors (Lipinski definition) is 4. The van der Waals surface area contributed by atoms with Gasteiger partial charge in [-0.1, -0.05) is 49.4 Å². The van der Waals surface area contributed by atoms with Crippen LogP contribution in [0, 0.1) is 0 Å². The van der Waals surface area contributed by atoms with E-state index in [0.29, 0.717) is 19.5 Å². The first kappa shape index (κ1) is 24.3. The van der Waals surface area contributed by atoms with E-state index in [4.69, 9.17) is 4.74 Å². The second kappa shape index (κ2) is 11.6. The van der Waals surface area contributed by atoms with Crippen molar-refractivity contribution >= 4 is 23.2 Å². The fraction of sp³-hybridized carbons (Fsp3) is 0.310. The van der Waals surface area contributed by atoms with Crippen molar-refractivity contribution < 1.29 is 14.3 Å². The monoisotopic (exact) mass is 471 g/mol. The molecule has 1 heterocycles. The number of hydrogen-bond donors (Lipinski definition) is 1. The third-order valence-corrected chi connectivity index (χ3v) is 6.57. The molecule has 0 aliphatic carbocycles. The van der Waals surface area contributed by atoms with Crippen LogP contribution in [0.4, 0.5) is 11.4 Å². The molecule has 0 radical (unpaired) electrons. The molecule has 0 saturated carbocycles. The molecular weight excluding hydrogens is 438 g/mol. The molecule has 1 N–H and O–H groups in total. The number of benzene rings is 3. The fourth-order valence-corrected chi connectivity index (χ4v) is 4.49. The number of rotatable bonds is 8. The summed E-state index contributed by atoms with van der Waals surface area (Å²) in [5.41, 5.74) is 3.92. The lowest BCUT2D eigenvalue weighted by Gasteiger charge is -2.36. The number of ether oxygens (including phenoxy) is 1. The van der Waals surface area contributed by atoms with Gasteiger partial charge < -0.3 is 19.9 Å². The summed E-state index contributed by atoms with van der Waals surface area (Å²) in [5.74, 6) is 0.786. The maximum Gasteiger partial charge on any atom is 0.231 e. The maximum atomic E-state index is 12.8. The molecule has 0 spiro atoms. The van der Waals surface area contributed by atoms with Crippen molar-refractivity contribution in [1.29, 1.82) is 0 Å². The van der Waals surface area contributed by atoms with Crippen molar-refractivity contribution in [2.45, 2.75) is 25.7 Å². The molecule has 35 heavy (non-hydrogen) atoms. The SMILES string of the molecule is CCC(C(=O)Nc1ccc(N2CCN(C(=O)Cc3ccc(OC)cc3)CC2)cc1)c1ccccc1. The molecule has 1 aliphatic heterocycles. The van der Waals surface area contributed by atoms with Gasteiger partial charge in [-0.15, -0.1) is 0 Å². The first-order valence-corrected chi connectivity index (χ1v) is 12.2. The van der Waals surface area contributed by atoms with Crippen LogP contribution in [0.1, 0.15) is 30.4 Å². The van der Waals surface area contributed by atoms with Gasteiger partial charge >= 0.3 is 0 Å². The fourth-order valence-electron chi connectivity index (χ4n) is 4.49. The molecule has 1 saturated heterocycles. The van der Waals surface area contributed by atoms with Gasteiger partial charge in [0.15, 0.2) is 0 Å². The highest BCUT2D eigenvalue weighted by atomic mass is 16.5. The Balaban J connectivity index is 1.28. The summed E-state index contributed by atoms with van der Waals surface area (Å²) in [7, 11) is 1.64. The van der Waals surface area contributed by atoms with Crippen molar-refractivity contribution in [3.63, 3.8) is 0 Å². The Bertz CT molecular complexity index is 1110. The van der Waals surface area contributed by atoms with E-state index in [0.717, 1.165) is 47.8 Å². The molecule has 1 unspecified atom stereocenters. The number of carbonyl (C=O) groups excluding carboxylic acids is 2. The standard InChI is InChI=1S/C29H33N3O3/c1-3-27(23-7-5-4-6-8-23)29(34)30-24-11-13-25(14-12-24)31-17-19-32(20-18-31)28(33)21-22-9-15-26(35-2)16-10-22/h4-16,27H,3,17-21H2,1-2H3,(H,30,34). The van der Waals surface area contributed by atoms with Crippen LogP contribution in [0.5, 0.6) is 5.75 Å². The summed E-state index contributed by atoms with van der Waals surface area (Å²) < 4.78 is 5.18. The highest BCUT2D eigenvalue weighted by Gasteiger charge is 2.22. The summed E-state index contributed by atoms with van der Waals surface area (Å²) in [5, 5.41) is 3.06. The van der Waals surface area contributed by atoms with Crippen LogP contribution in [0.25, 0.3) is 0 Å². The molecule has 2 amide bonds. The minimum atomic E-state index is -0.167. The van der Waals surface area contributed by atoms with Gasteiger partial charge in [-0.05, 0) is 53.9 Å². The second-order valence-electron chi connectivity index (χ2n) is 8.80. The molecule has 6 nitrogen and oxygen atoms in total. The quantitative estimate of drug-likeness (QED) is 0.517. The number of carbonyl (C=O) groups is 2. The number of nitrogens with zero attached hydrogens (tertiary/aromatic N) is 2. The molecule has 1 aliphatic rings. The van der Waals surface area contributed by atoms with Gasteiger partial charge in [-0.3, -0.25) is 9.59 Å². The zero-order valence-electron chi connectivity index (χ0n) is 20.4. The molecule has 0 bridgehead atoms. The predicted molar refractivity (Wildman–Crippen MR) is 140 cm³/mol. The predicted octanol–water partition coefficient (Wildman–Crippen LogP) is 4.72. The van der Waals surface area contributed by atoms with Gasteiger partial charge in [0.2, 0.25) is 11.8 Å². The Morgan fingerprint density at radius 2 is 1.54 bits per heavy atom. The second-order valence-corrected chi connectivity index (χ2v) is 8.80. The highest BCUT2D eigenvalue weighted by Crippen LogP contribution is 2.24. The van der Waals surface area contributed by atoms with Crippen LogP contribution in [0.3, 0.4) is 0 Å². The molecule has 1 fully saturated rings. The Kier molecular flexibility index (Phi) is 8.03. The molecule has 182 valence electrons. The van der Waals surface area contributed by atoms with Gasteiger partial charge in [0.05, 0.1) is 19.4 Å². The van der Waals surface area contributed by atoms with Crippen LogP contribution in [-0.4, -0.2) is 50.0 Å². The van der Waals surface area contributed by atoms with E-state index in [1.807, 2.05) is 90.7 Å². The average Bonchev–Trinajstić information content (AvgIpc) is 2.91. The zero-order valence-corrected chi connectivity index (χ0v) is 20.4.